The zero-order valence-corrected chi connectivity index (χ0v) is 11.1. The van der Waals surface area contributed by atoms with Gasteiger partial charge in [0.2, 0.25) is 0 Å². The molecule has 0 spiro atoms. The average molecular weight is 259 g/mol. The molecule has 0 fully saturated rings. The molecule has 2 nitrogen and oxygen atoms in total. The Morgan fingerprint density at radius 2 is 1.80 bits per heavy atom. The van der Waals surface area contributed by atoms with E-state index >= 15 is 0 Å². The van der Waals surface area contributed by atoms with Crippen LogP contribution in [0.15, 0.2) is 0 Å². The zero-order valence-electron chi connectivity index (χ0n) is 6.56. The van der Waals surface area contributed by atoms with Crippen LogP contribution in [0.3, 0.4) is 0 Å². The Balaban J connectivity index is 0. The molecule has 0 aliphatic carbocycles. The number of halogens is 1. The standard InChI is InChI=1S/C6H12NO.BrH.Zn/c1-4-7(5-2)6(3)8;;/h3-5H2,1-2H3;1H;/q;;+1/p-1. The molecule has 0 saturated heterocycles. The van der Waals surface area contributed by atoms with Crippen LogP contribution in [-0.2, 0) is 23.1 Å². The van der Waals surface area contributed by atoms with Gasteiger partial charge in [-0.15, -0.1) is 0 Å². The molecule has 0 aliphatic rings. The fourth-order valence-electron chi connectivity index (χ4n) is 0.734. The molecule has 0 aromatic heterocycles. The normalized spacial score (nSPS) is 8.40. The predicted octanol–water partition coefficient (Wildman–Crippen LogP) is -2.18. The predicted molar refractivity (Wildman–Crippen MR) is 32.7 cm³/mol. The minimum Gasteiger partial charge on any atom is -1.00 e. The van der Waals surface area contributed by atoms with Gasteiger partial charge in [0.05, 0.1) is 0 Å². The molecular formula is C6H12BrNOZn. The van der Waals surface area contributed by atoms with Crippen LogP contribution in [0.5, 0.6) is 0 Å². The molecule has 0 N–H and O–H groups in total. The van der Waals surface area contributed by atoms with Crippen LogP contribution < -0.4 is 17.0 Å². The maximum absolute atomic E-state index is 10.9. The third-order valence-electron chi connectivity index (χ3n) is 1.33. The first-order valence-corrected chi connectivity index (χ1v) is 5.43. The summed E-state index contributed by atoms with van der Waals surface area (Å²) in [5, 5.41) is 0.752. The van der Waals surface area contributed by atoms with Gasteiger partial charge in [0.1, 0.15) is 0 Å². The summed E-state index contributed by atoms with van der Waals surface area (Å²) in [6.07, 6.45) is 0. The van der Waals surface area contributed by atoms with E-state index in [9.17, 15) is 4.79 Å². The monoisotopic (exact) mass is 257 g/mol. The molecular weight excluding hydrogens is 247 g/mol. The first-order chi connectivity index (χ1) is 4.26. The summed E-state index contributed by atoms with van der Waals surface area (Å²) in [6, 6.07) is 0. The number of hydrogen-bond donors (Lipinski definition) is 0. The van der Waals surface area contributed by atoms with E-state index in [4.69, 9.17) is 0 Å². The molecule has 4 heteroatoms. The summed E-state index contributed by atoms with van der Waals surface area (Å²) in [5.74, 6) is 0.306. The molecule has 0 bridgehead atoms. The summed E-state index contributed by atoms with van der Waals surface area (Å²) in [7, 11) is 0. The van der Waals surface area contributed by atoms with Crippen molar-refractivity contribution in [2.45, 2.75) is 18.9 Å². The molecule has 0 saturated carbocycles. The average Bonchev–Trinajstić information content (AvgIpc) is 1.90. The van der Waals surface area contributed by atoms with Crippen molar-refractivity contribution in [1.82, 2.24) is 4.90 Å². The van der Waals surface area contributed by atoms with Crippen LogP contribution >= 0.6 is 0 Å². The minimum absolute atomic E-state index is 0. The first kappa shape index (κ1) is 13.2. The fraction of sp³-hybridized carbons (Fsp3) is 0.833. The Bertz CT molecular complexity index is 95.7. The van der Waals surface area contributed by atoms with Crippen molar-refractivity contribution in [3.05, 3.63) is 0 Å². The van der Waals surface area contributed by atoms with Gasteiger partial charge in [-0.25, -0.2) is 0 Å². The summed E-state index contributed by atoms with van der Waals surface area (Å²) in [4.78, 5) is 12.8. The van der Waals surface area contributed by atoms with Gasteiger partial charge >= 0.3 is 65.9 Å². The number of amides is 1. The Morgan fingerprint density at radius 3 is 1.90 bits per heavy atom. The van der Waals surface area contributed by atoms with Gasteiger partial charge in [-0.3, -0.25) is 0 Å². The second kappa shape index (κ2) is 7.68. The number of carbonyl (C=O) groups excluding carboxylic acids is 1. The van der Waals surface area contributed by atoms with Gasteiger partial charge in [-0.05, 0) is 0 Å². The molecule has 0 aromatic rings. The summed E-state index contributed by atoms with van der Waals surface area (Å²) in [5.41, 5.74) is 0. The minimum atomic E-state index is 0. The zero-order chi connectivity index (χ0) is 7.28. The molecule has 0 radical (unpaired) electrons. The third-order valence-corrected chi connectivity index (χ3v) is 2.23. The van der Waals surface area contributed by atoms with E-state index in [-0.39, 0.29) is 17.0 Å². The van der Waals surface area contributed by atoms with Gasteiger partial charge in [0, 0.05) is 0 Å². The quantitative estimate of drug-likeness (QED) is 0.528. The number of nitrogens with zero attached hydrogens (tertiary/aromatic N) is 1. The smallest absolute Gasteiger partial charge is 1.00 e. The molecule has 1 amide bonds. The van der Waals surface area contributed by atoms with Gasteiger partial charge in [-0.2, -0.15) is 0 Å². The second-order valence-corrected chi connectivity index (χ2v) is 2.87. The van der Waals surface area contributed by atoms with E-state index in [1.165, 1.54) is 0 Å². The van der Waals surface area contributed by atoms with Crippen molar-refractivity contribution < 1.29 is 40.1 Å². The molecule has 0 rings (SSSR count). The van der Waals surface area contributed by atoms with Crippen molar-refractivity contribution in [2.75, 3.05) is 13.1 Å². The van der Waals surface area contributed by atoms with E-state index in [1.807, 2.05) is 18.7 Å². The second-order valence-electron chi connectivity index (χ2n) is 1.82. The SMILES string of the molecule is CCN(CC)C(=O)[CH2][Zn+].[Br-]. The van der Waals surface area contributed by atoms with Gasteiger partial charge in [-0.1, -0.05) is 0 Å². The maximum Gasteiger partial charge on any atom is -1.00 e. The maximum atomic E-state index is 10.9. The number of carbonyl (C=O) groups is 1. The van der Waals surface area contributed by atoms with Crippen molar-refractivity contribution in [1.29, 1.82) is 0 Å². The molecule has 0 heterocycles. The van der Waals surface area contributed by atoms with Gasteiger partial charge < -0.3 is 17.0 Å². The fourth-order valence-corrected chi connectivity index (χ4v) is 1.40. The van der Waals surface area contributed by atoms with Crippen molar-refractivity contribution >= 4 is 5.91 Å². The van der Waals surface area contributed by atoms with Crippen molar-refractivity contribution in [3.8, 4) is 0 Å². The van der Waals surface area contributed by atoms with E-state index in [2.05, 4.69) is 0 Å². The van der Waals surface area contributed by atoms with Crippen LogP contribution in [-0.4, -0.2) is 23.9 Å². The van der Waals surface area contributed by atoms with Crippen LogP contribution in [0.2, 0.25) is 5.02 Å². The molecule has 0 atom stereocenters. The van der Waals surface area contributed by atoms with Crippen LogP contribution in [0.4, 0.5) is 0 Å². The van der Waals surface area contributed by atoms with Crippen molar-refractivity contribution in [3.63, 3.8) is 0 Å². The van der Waals surface area contributed by atoms with E-state index in [1.54, 1.807) is 0 Å². The van der Waals surface area contributed by atoms with Gasteiger partial charge in [0.15, 0.2) is 0 Å². The summed E-state index contributed by atoms with van der Waals surface area (Å²) < 4.78 is 0. The van der Waals surface area contributed by atoms with Crippen LogP contribution in [0.1, 0.15) is 13.8 Å². The number of rotatable bonds is 3. The van der Waals surface area contributed by atoms with E-state index in [0.717, 1.165) is 36.4 Å². The Kier molecular flexibility index (Phi) is 10.1. The number of hydrogen-bond acceptors (Lipinski definition) is 1. The Morgan fingerprint density at radius 1 is 1.40 bits per heavy atom. The van der Waals surface area contributed by atoms with Crippen LogP contribution in [0.25, 0.3) is 0 Å². The molecule has 0 unspecified atom stereocenters. The third kappa shape index (κ3) is 4.40. The molecule has 56 valence electrons. The molecule has 0 aromatic carbocycles. The van der Waals surface area contributed by atoms with E-state index in [0.29, 0.717) is 5.91 Å². The summed E-state index contributed by atoms with van der Waals surface area (Å²) in [6.45, 7) is 5.73. The van der Waals surface area contributed by atoms with Crippen molar-refractivity contribution in [2.24, 2.45) is 0 Å². The topological polar surface area (TPSA) is 20.3 Å². The Labute approximate surface area is 82.8 Å². The van der Waals surface area contributed by atoms with Gasteiger partial charge in [0.25, 0.3) is 0 Å². The van der Waals surface area contributed by atoms with Crippen LogP contribution in [0, 0.1) is 0 Å². The first-order valence-electron chi connectivity index (χ1n) is 3.33. The largest absolute Gasteiger partial charge is 1.00 e. The molecule has 0 aliphatic heterocycles. The van der Waals surface area contributed by atoms with E-state index < -0.39 is 0 Å². The summed E-state index contributed by atoms with van der Waals surface area (Å²) >= 11 is 1.08. The Hall–Kier alpha value is 0.573. The molecule has 10 heavy (non-hydrogen) atoms.